The molecule has 0 aliphatic rings. The summed E-state index contributed by atoms with van der Waals surface area (Å²) in [5, 5.41) is 31.9. The molecule has 0 aromatic heterocycles. The predicted octanol–water partition coefficient (Wildman–Crippen LogP) is 6.13. The summed E-state index contributed by atoms with van der Waals surface area (Å²) in [5.41, 5.74) is 0.805. The Bertz CT molecular complexity index is 1270. The number of rotatable bonds is 7. The fraction of sp³-hybridized carbons (Fsp3) is 0.0455. The van der Waals surface area contributed by atoms with Crippen molar-refractivity contribution in [3.63, 3.8) is 0 Å². The van der Waals surface area contributed by atoms with E-state index in [1.807, 2.05) is 30.3 Å². The number of nitrogens with zero attached hydrogens (tertiary/aromatic N) is 3. The summed E-state index contributed by atoms with van der Waals surface area (Å²) in [4.78, 5) is 20.8. The van der Waals surface area contributed by atoms with Crippen LogP contribution in [-0.2, 0) is 0 Å². The van der Waals surface area contributed by atoms with Crippen molar-refractivity contribution in [2.75, 3.05) is 7.11 Å². The molecule has 0 unspecified atom stereocenters. The number of hydrogen-bond acceptors (Lipinski definition) is 7. The van der Waals surface area contributed by atoms with Crippen molar-refractivity contribution in [1.29, 1.82) is 5.26 Å². The van der Waals surface area contributed by atoms with Crippen LogP contribution in [0.2, 0.25) is 0 Å². The second kappa shape index (κ2) is 9.72. The van der Waals surface area contributed by atoms with Crippen LogP contribution < -0.4 is 9.47 Å². The fourth-order valence-corrected chi connectivity index (χ4v) is 3.39. The van der Waals surface area contributed by atoms with Gasteiger partial charge < -0.3 is 9.47 Å². The number of methoxy groups -OCH3 is 1. The van der Waals surface area contributed by atoms with Crippen LogP contribution in [0.5, 0.6) is 17.2 Å². The molecule has 0 bridgehead atoms. The molecule has 0 heterocycles. The smallest absolute Gasteiger partial charge is 0.318 e. The average Bonchev–Trinajstić information content (AvgIpc) is 2.79. The molecule has 0 N–H and O–H groups in total. The summed E-state index contributed by atoms with van der Waals surface area (Å²) in [6.45, 7) is 0. The molecule has 10 heteroatoms. The van der Waals surface area contributed by atoms with Gasteiger partial charge in [0.2, 0.25) is 5.75 Å². The Morgan fingerprint density at radius 3 is 2.34 bits per heavy atom. The normalized spacial score (nSPS) is 10.8. The molecule has 0 spiro atoms. The van der Waals surface area contributed by atoms with E-state index in [4.69, 9.17) is 9.47 Å². The number of non-ortho nitro benzene ring substituents is 1. The number of benzene rings is 3. The van der Waals surface area contributed by atoms with E-state index in [9.17, 15) is 25.5 Å². The molecule has 0 aliphatic carbocycles. The van der Waals surface area contributed by atoms with Crippen molar-refractivity contribution < 1.29 is 19.3 Å². The fourth-order valence-electron chi connectivity index (χ4n) is 2.84. The first-order valence-electron chi connectivity index (χ1n) is 8.99. The third kappa shape index (κ3) is 4.91. The topological polar surface area (TPSA) is 129 Å². The molecule has 3 aromatic carbocycles. The van der Waals surface area contributed by atoms with Crippen molar-refractivity contribution >= 4 is 39.0 Å². The van der Waals surface area contributed by atoms with Crippen LogP contribution in [0.25, 0.3) is 11.6 Å². The van der Waals surface area contributed by atoms with Crippen molar-refractivity contribution in [2.45, 2.75) is 0 Å². The Kier molecular flexibility index (Phi) is 6.82. The Morgan fingerprint density at radius 1 is 1.03 bits per heavy atom. The zero-order valence-electron chi connectivity index (χ0n) is 16.5. The summed E-state index contributed by atoms with van der Waals surface area (Å²) in [7, 11) is 1.40. The first-order valence-corrected chi connectivity index (χ1v) is 9.78. The van der Waals surface area contributed by atoms with Crippen molar-refractivity contribution in [3.8, 4) is 23.3 Å². The number of ether oxygens (including phenoxy) is 2. The van der Waals surface area contributed by atoms with Crippen LogP contribution in [0.1, 0.15) is 11.1 Å². The van der Waals surface area contributed by atoms with E-state index in [1.54, 1.807) is 18.2 Å². The highest BCUT2D eigenvalue weighted by atomic mass is 79.9. The monoisotopic (exact) mass is 495 g/mol. The Hall–Kier alpha value is -4.23. The minimum atomic E-state index is -0.765. The lowest BCUT2D eigenvalue weighted by molar-refractivity contribution is -0.394. The third-order valence-electron chi connectivity index (χ3n) is 4.33. The maximum Gasteiger partial charge on any atom is 0.318 e. The van der Waals surface area contributed by atoms with Gasteiger partial charge in [-0.25, -0.2) is 0 Å². The average molecular weight is 496 g/mol. The second-order valence-electron chi connectivity index (χ2n) is 6.34. The van der Waals surface area contributed by atoms with E-state index in [1.165, 1.54) is 7.11 Å². The van der Waals surface area contributed by atoms with Gasteiger partial charge in [0, 0.05) is 6.07 Å². The highest BCUT2D eigenvalue weighted by molar-refractivity contribution is 9.10. The van der Waals surface area contributed by atoms with Gasteiger partial charge in [-0.15, -0.1) is 0 Å². The minimum Gasteiger partial charge on any atom is -0.493 e. The van der Waals surface area contributed by atoms with Gasteiger partial charge in [0.1, 0.15) is 0 Å². The summed E-state index contributed by atoms with van der Waals surface area (Å²) < 4.78 is 11.5. The van der Waals surface area contributed by atoms with Crippen molar-refractivity contribution in [3.05, 3.63) is 96.5 Å². The van der Waals surface area contributed by atoms with Crippen molar-refractivity contribution in [2.24, 2.45) is 0 Å². The van der Waals surface area contributed by atoms with Gasteiger partial charge in [-0.3, -0.25) is 20.2 Å². The SMILES string of the molecule is COc1cc(/C=C(\C#N)c2ccccc2)cc(Br)c1Oc1ccc([N+](=O)[O-])cc1[N+](=O)[O-]. The third-order valence-corrected chi connectivity index (χ3v) is 4.92. The number of hydrogen-bond donors (Lipinski definition) is 0. The van der Waals surface area contributed by atoms with Crippen LogP contribution in [0.4, 0.5) is 11.4 Å². The van der Waals surface area contributed by atoms with E-state index in [-0.39, 0.29) is 17.2 Å². The summed E-state index contributed by atoms with van der Waals surface area (Å²) in [5.74, 6) is 0.188. The minimum absolute atomic E-state index is 0.139. The number of nitriles is 1. The first-order chi connectivity index (χ1) is 15.3. The van der Waals surface area contributed by atoms with E-state index >= 15 is 0 Å². The van der Waals surface area contributed by atoms with Crippen LogP contribution in [0.15, 0.2) is 65.1 Å². The Labute approximate surface area is 190 Å². The molecule has 0 atom stereocenters. The Balaban J connectivity index is 2.03. The van der Waals surface area contributed by atoms with E-state index in [2.05, 4.69) is 22.0 Å². The maximum absolute atomic E-state index is 11.4. The standard InChI is InChI=1S/C22H14BrN3O6/c1-31-21-11-14(9-16(13-24)15-5-3-2-4-6-15)10-18(23)22(21)32-20-8-7-17(25(27)28)12-19(20)26(29)30/h2-12H,1H3/b16-9+. The first kappa shape index (κ1) is 22.5. The molecule has 0 amide bonds. The quantitative estimate of drug-likeness (QED) is 0.167. The van der Waals surface area contributed by atoms with Crippen LogP contribution >= 0.6 is 15.9 Å². The highest BCUT2D eigenvalue weighted by Gasteiger charge is 2.23. The second-order valence-corrected chi connectivity index (χ2v) is 7.19. The van der Waals surface area contributed by atoms with Gasteiger partial charge >= 0.3 is 5.69 Å². The van der Waals surface area contributed by atoms with Gasteiger partial charge in [0.05, 0.1) is 39.1 Å². The zero-order valence-corrected chi connectivity index (χ0v) is 18.1. The molecule has 9 nitrogen and oxygen atoms in total. The molecular formula is C22H14BrN3O6. The van der Waals surface area contributed by atoms with E-state index < -0.39 is 21.2 Å². The van der Waals surface area contributed by atoms with Crippen LogP contribution in [0, 0.1) is 31.6 Å². The van der Waals surface area contributed by atoms with Crippen LogP contribution in [0.3, 0.4) is 0 Å². The number of allylic oxidation sites excluding steroid dienone is 1. The van der Waals surface area contributed by atoms with Crippen LogP contribution in [-0.4, -0.2) is 17.0 Å². The molecule has 0 aliphatic heterocycles. The van der Waals surface area contributed by atoms with Gasteiger partial charge in [-0.05, 0) is 51.3 Å². The van der Waals surface area contributed by atoms with Gasteiger partial charge in [0.15, 0.2) is 11.5 Å². The molecular weight excluding hydrogens is 482 g/mol. The van der Waals surface area contributed by atoms with Gasteiger partial charge in [0.25, 0.3) is 5.69 Å². The molecule has 0 saturated heterocycles. The Morgan fingerprint density at radius 2 is 1.75 bits per heavy atom. The molecule has 0 saturated carbocycles. The van der Waals surface area contributed by atoms with E-state index in [0.717, 1.165) is 23.8 Å². The van der Waals surface area contributed by atoms with Gasteiger partial charge in [-0.2, -0.15) is 5.26 Å². The summed E-state index contributed by atoms with van der Waals surface area (Å²) >= 11 is 3.37. The van der Waals surface area contributed by atoms with Crippen molar-refractivity contribution in [1.82, 2.24) is 0 Å². The molecule has 160 valence electrons. The maximum atomic E-state index is 11.4. The number of halogens is 1. The largest absolute Gasteiger partial charge is 0.493 e. The molecule has 3 aromatic rings. The molecule has 0 radical (unpaired) electrons. The molecule has 3 rings (SSSR count). The highest BCUT2D eigenvalue weighted by Crippen LogP contribution is 2.43. The lowest BCUT2D eigenvalue weighted by Crippen LogP contribution is -1.98. The predicted molar refractivity (Wildman–Crippen MR) is 120 cm³/mol. The zero-order chi connectivity index (χ0) is 23.3. The lowest BCUT2D eigenvalue weighted by Gasteiger charge is -2.13. The number of nitro groups is 2. The lowest BCUT2D eigenvalue weighted by atomic mass is 10.0. The summed E-state index contributed by atoms with van der Waals surface area (Å²) in [6.07, 6.45) is 1.67. The molecule has 0 fully saturated rings. The van der Waals surface area contributed by atoms with Gasteiger partial charge in [-0.1, -0.05) is 30.3 Å². The van der Waals surface area contributed by atoms with E-state index in [0.29, 0.717) is 15.6 Å². The summed E-state index contributed by atoms with van der Waals surface area (Å²) in [6, 6.07) is 17.6. The number of nitro benzene ring substituents is 2. The molecule has 32 heavy (non-hydrogen) atoms.